The highest BCUT2D eigenvalue weighted by molar-refractivity contribution is 7.89. The predicted octanol–water partition coefficient (Wildman–Crippen LogP) is 2.56. The van der Waals surface area contributed by atoms with E-state index in [0.717, 1.165) is 37.7 Å². The van der Waals surface area contributed by atoms with Gasteiger partial charge in [0.2, 0.25) is 10.0 Å². The Morgan fingerprint density at radius 2 is 1.90 bits per heavy atom. The Morgan fingerprint density at radius 3 is 2.57 bits per heavy atom. The van der Waals surface area contributed by atoms with Crippen LogP contribution in [0, 0.1) is 0 Å². The van der Waals surface area contributed by atoms with Crippen LogP contribution in [0.1, 0.15) is 44.6 Å². The molecule has 5 heteroatoms. The maximum absolute atomic E-state index is 12.8. The normalized spacial score (nSPS) is 21.1. The van der Waals surface area contributed by atoms with Crippen molar-refractivity contribution in [2.75, 3.05) is 13.2 Å². The molecule has 2 rings (SSSR count). The van der Waals surface area contributed by atoms with Crippen LogP contribution in [0.5, 0.6) is 0 Å². The van der Waals surface area contributed by atoms with Gasteiger partial charge in [-0.15, -0.1) is 0 Å². The van der Waals surface area contributed by atoms with Gasteiger partial charge >= 0.3 is 0 Å². The molecule has 0 bridgehead atoms. The minimum Gasteiger partial charge on any atom is -0.396 e. The van der Waals surface area contributed by atoms with Crippen LogP contribution in [0.25, 0.3) is 0 Å². The molecule has 0 aromatic heterocycles. The molecule has 1 atom stereocenters. The van der Waals surface area contributed by atoms with Gasteiger partial charge in [-0.2, -0.15) is 4.31 Å². The molecule has 118 valence electrons. The second-order valence-electron chi connectivity index (χ2n) is 5.79. The van der Waals surface area contributed by atoms with E-state index in [2.05, 4.69) is 0 Å². The van der Waals surface area contributed by atoms with Crippen molar-refractivity contribution in [2.45, 2.75) is 56.4 Å². The van der Waals surface area contributed by atoms with Crippen molar-refractivity contribution in [3.05, 3.63) is 29.8 Å². The largest absolute Gasteiger partial charge is 0.396 e. The fraction of sp³-hybridized carbons (Fsp3) is 0.625. The topological polar surface area (TPSA) is 57.6 Å². The summed E-state index contributed by atoms with van der Waals surface area (Å²) in [5.41, 5.74) is 1.06. The highest BCUT2D eigenvalue weighted by Gasteiger charge is 2.29. The molecule has 0 radical (unpaired) electrons. The van der Waals surface area contributed by atoms with E-state index in [0.29, 0.717) is 17.9 Å². The van der Waals surface area contributed by atoms with Crippen molar-refractivity contribution in [1.82, 2.24) is 4.31 Å². The number of rotatable bonds is 5. The fourth-order valence-corrected chi connectivity index (χ4v) is 4.55. The van der Waals surface area contributed by atoms with Crippen molar-refractivity contribution < 1.29 is 13.5 Å². The van der Waals surface area contributed by atoms with Gasteiger partial charge < -0.3 is 5.11 Å². The van der Waals surface area contributed by atoms with Crippen molar-refractivity contribution in [2.24, 2.45) is 0 Å². The van der Waals surface area contributed by atoms with E-state index >= 15 is 0 Å². The number of nitrogens with zero attached hydrogens (tertiary/aromatic N) is 1. The first kappa shape index (κ1) is 16.5. The Bertz CT molecular complexity index is 539. The average Bonchev–Trinajstić information content (AvgIpc) is 2.70. The van der Waals surface area contributed by atoms with Crippen LogP contribution < -0.4 is 0 Å². The summed E-state index contributed by atoms with van der Waals surface area (Å²) in [6, 6.07) is 7.17. The van der Waals surface area contributed by atoms with Crippen molar-refractivity contribution >= 4 is 10.0 Å². The van der Waals surface area contributed by atoms with Crippen LogP contribution in [0.2, 0.25) is 0 Å². The lowest BCUT2D eigenvalue weighted by Crippen LogP contribution is -2.38. The molecule has 1 N–H and O–H groups in total. The molecule has 1 heterocycles. The Hall–Kier alpha value is -0.910. The van der Waals surface area contributed by atoms with E-state index in [1.165, 1.54) is 0 Å². The third-order valence-corrected chi connectivity index (χ3v) is 6.17. The molecule has 1 aromatic rings. The van der Waals surface area contributed by atoms with Gasteiger partial charge in [-0.05, 0) is 50.3 Å². The van der Waals surface area contributed by atoms with Crippen LogP contribution in [0.15, 0.2) is 29.2 Å². The number of aliphatic hydroxyl groups is 1. The lowest BCUT2D eigenvalue weighted by atomic mass is 10.1. The van der Waals surface area contributed by atoms with Crippen molar-refractivity contribution in [1.29, 1.82) is 0 Å². The molecular weight excluding hydrogens is 286 g/mol. The van der Waals surface area contributed by atoms with Crippen LogP contribution >= 0.6 is 0 Å². The Kier molecular flexibility index (Phi) is 5.79. The van der Waals surface area contributed by atoms with Crippen LogP contribution in [0.4, 0.5) is 0 Å². The van der Waals surface area contributed by atoms with Crippen LogP contribution in [-0.2, 0) is 16.4 Å². The Balaban J connectivity index is 2.18. The summed E-state index contributed by atoms with van der Waals surface area (Å²) in [5.74, 6) is 0. The molecule has 1 aliphatic rings. The average molecular weight is 311 g/mol. The molecule has 0 spiro atoms. The zero-order valence-electron chi connectivity index (χ0n) is 12.7. The lowest BCUT2D eigenvalue weighted by Gasteiger charge is -2.26. The highest BCUT2D eigenvalue weighted by atomic mass is 32.2. The van der Waals surface area contributed by atoms with Crippen LogP contribution in [0.3, 0.4) is 0 Å². The molecule has 0 saturated carbocycles. The first-order valence-corrected chi connectivity index (χ1v) is 9.21. The monoisotopic (exact) mass is 311 g/mol. The smallest absolute Gasteiger partial charge is 0.243 e. The van der Waals surface area contributed by atoms with E-state index in [1.54, 1.807) is 16.4 Å². The summed E-state index contributed by atoms with van der Waals surface area (Å²) in [6.45, 7) is 2.78. The van der Waals surface area contributed by atoms with E-state index in [-0.39, 0.29) is 12.6 Å². The maximum atomic E-state index is 12.8. The van der Waals surface area contributed by atoms with E-state index in [9.17, 15) is 8.42 Å². The maximum Gasteiger partial charge on any atom is 0.243 e. The summed E-state index contributed by atoms with van der Waals surface area (Å²) in [4.78, 5) is 0.379. The first-order chi connectivity index (χ1) is 10.1. The molecule has 4 nitrogen and oxygen atoms in total. The summed E-state index contributed by atoms with van der Waals surface area (Å²) >= 11 is 0. The molecule has 0 amide bonds. The van der Waals surface area contributed by atoms with Gasteiger partial charge in [0.25, 0.3) is 0 Å². The Labute approximate surface area is 127 Å². The van der Waals surface area contributed by atoms with E-state index in [1.807, 2.05) is 19.1 Å². The van der Waals surface area contributed by atoms with Gasteiger partial charge in [-0.25, -0.2) is 8.42 Å². The van der Waals surface area contributed by atoms with Gasteiger partial charge in [-0.3, -0.25) is 0 Å². The highest BCUT2D eigenvalue weighted by Crippen LogP contribution is 2.24. The van der Waals surface area contributed by atoms with Gasteiger partial charge in [0.15, 0.2) is 0 Å². The number of benzene rings is 1. The zero-order valence-corrected chi connectivity index (χ0v) is 13.5. The molecule has 1 unspecified atom stereocenters. The van der Waals surface area contributed by atoms with Crippen molar-refractivity contribution in [3.8, 4) is 0 Å². The number of aliphatic hydroxyl groups excluding tert-OH is 1. The minimum absolute atomic E-state index is 0.0755. The first-order valence-electron chi connectivity index (χ1n) is 7.77. The minimum atomic E-state index is -3.39. The molecule has 1 saturated heterocycles. The Morgan fingerprint density at radius 1 is 1.19 bits per heavy atom. The predicted molar refractivity (Wildman–Crippen MR) is 83.7 cm³/mol. The van der Waals surface area contributed by atoms with Crippen LogP contribution in [-0.4, -0.2) is 37.0 Å². The van der Waals surface area contributed by atoms with Gasteiger partial charge in [-0.1, -0.05) is 25.0 Å². The molecule has 1 aromatic carbocycles. The molecule has 1 fully saturated rings. The van der Waals surface area contributed by atoms with Gasteiger partial charge in [0, 0.05) is 19.2 Å². The second kappa shape index (κ2) is 7.38. The summed E-state index contributed by atoms with van der Waals surface area (Å²) < 4.78 is 27.2. The SMILES string of the molecule is CC1CCCCCN1S(=O)(=O)c1ccc(CCCO)cc1. The molecular formula is C16H25NO3S. The van der Waals surface area contributed by atoms with E-state index < -0.39 is 10.0 Å². The third-order valence-electron chi connectivity index (χ3n) is 4.15. The quantitative estimate of drug-likeness (QED) is 0.909. The molecule has 1 aliphatic heterocycles. The van der Waals surface area contributed by atoms with Gasteiger partial charge in [0.1, 0.15) is 0 Å². The summed E-state index contributed by atoms with van der Waals surface area (Å²) in [7, 11) is -3.39. The number of hydrogen-bond donors (Lipinski definition) is 1. The number of hydrogen-bond acceptors (Lipinski definition) is 3. The summed E-state index contributed by atoms with van der Waals surface area (Å²) in [6.07, 6.45) is 5.57. The standard InChI is InChI=1S/C16H25NO3S/c1-14-6-3-2-4-12-17(14)21(19,20)16-10-8-15(9-11-16)7-5-13-18/h8-11,14,18H,2-7,12-13H2,1H3. The third kappa shape index (κ3) is 4.05. The van der Waals surface area contributed by atoms with Crippen molar-refractivity contribution in [3.63, 3.8) is 0 Å². The van der Waals surface area contributed by atoms with Gasteiger partial charge in [0.05, 0.1) is 4.90 Å². The number of sulfonamides is 1. The second-order valence-corrected chi connectivity index (χ2v) is 7.68. The molecule has 21 heavy (non-hydrogen) atoms. The number of aryl methyl sites for hydroxylation is 1. The fourth-order valence-electron chi connectivity index (χ4n) is 2.85. The zero-order chi connectivity index (χ0) is 15.3. The lowest BCUT2D eigenvalue weighted by molar-refractivity contribution is 0.288. The van der Waals surface area contributed by atoms with E-state index in [4.69, 9.17) is 5.11 Å². The molecule has 0 aliphatic carbocycles. The summed E-state index contributed by atoms with van der Waals surface area (Å²) in [5, 5.41) is 8.83.